The van der Waals surface area contributed by atoms with Crippen LogP contribution in [-0.4, -0.2) is 22.2 Å². The van der Waals surface area contributed by atoms with Gasteiger partial charge in [0.1, 0.15) is 0 Å². The van der Waals surface area contributed by atoms with Crippen LogP contribution >= 0.6 is 0 Å². The minimum atomic E-state index is -0.250. The molecule has 5 heteroatoms. The fourth-order valence-corrected chi connectivity index (χ4v) is 0. The summed E-state index contributed by atoms with van der Waals surface area (Å²) >= 11 is 0. The molecule has 0 atom stereocenters. The zero-order valence-electron chi connectivity index (χ0n) is 22.8. The van der Waals surface area contributed by atoms with Gasteiger partial charge in [0.15, 0.2) is 0 Å². The first-order valence-electron chi connectivity index (χ1n) is 10.8. The van der Waals surface area contributed by atoms with E-state index in [1.54, 1.807) is 0 Å². The summed E-state index contributed by atoms with van der Waals surface area (Å²) in [5.41, 5.74) is 28.5. The van der Waals surface area contributed by atoms with Crippen molar-refractivity contribution < 1.29 is 26.2 Å². The molecule has 0 aliphatic carbocycles. The van der Waals surface area contributed by atoms with Gasteiger partial charge in [-0.05, 0) is 0 Å². The molecule has 0 fully saturated rings. The van der Waals surface area contributed by atoms with Gasteiger partial charge in [-0.15, -0.1) is 22.2 Å². The Kier molecular flexibility index (Phi) is 22.6. The quantitative estimate of drug-likeness (QED) is 0.374. The smallest absolute Gasteiger partial charge is 0.672 e. The SMILES string of the molecule is CC(C)C(C)(C)[NH-].CC(C)C(C)(C)[NH-].CC(C)C(C)(C)[NH-].CC(C)C(C)(C)[NH-].[Zr+4]. The van der Waals surface area contributed by atoms with Crippen molar-refractivity contribution >= 4 is 0 Å². The van der Waals surface area contributed by atoms with E-state index < -0.39 is 0 Å². The number of rotatable bonds is 4. The molecule has 4 nitrogen and oxygen atoms in total. The van der Waals surface area contributed by atoms with Crippen LogP contribution in [0.15, 0.2) is 0 Å². The van der Waals surface area contributed by atoms with Gasteiger partial charge in [0.05, 0.1) is 0 Å². The molecular weight excluding hydrogens is 436 g/mol. The molecule has 0 aromatic carbocycles. The normalized spacial score (nSPS) is 12.4. The maximum absolute atomic E-state index is 7.39. The molecule has 176 valence electrons. The second-order valence-corrected chi connectivity index (χ2v) is 11.5. The van der Waals surface area contributed by atoms with Crippen molar-refractivity contribution in [1.29, 1.82) is 0 Å². The summed E-state index contributed by atoms with van der Waals surface area (Å²) in [5, 5.41) is 0. The molecule has 0 aliphatic heterocycles. The molecule has 29 heavy (non-hydrogen) atoms. The summed E-state index contributed by atoms with van der Waals surface area (Å²) in [7, 11) is 0. The van der Waals surface area contributed by atoms with E-state index in [0.29, 0.717) is 23.7 Å². The Bertz CT molecular complexity index is 277. The van der Waals surface area contributed by atoms with Crippen LogP contribution in [0, 0.1) is 23.7 Å². The van der Waals surface area contributed by atoms with Gasteiger partial charge in [0.2, 0.25) is 0 Å². The van der Waals surface area contributed by atoms with Crippen LogP contribution in [0.3, 0.4) is 0 Å². The van der Waals surface area contributed by atoms with Gasteiger partial charge in [-0.3, -0.25) is 0 Å². The summed E-state index contributed by atoms with van der Waals surface area (Å²) in [6, 6.07) is 0. The van der Waals surface area contributed by atoms with Crippen LogP contribution in [0.4, 0.5) is 0 Å². The maximum Gasteiger partial charge on any atom is 4.00 e. The Morgan fingerprint density at radius 1 is 0.345 bits per heavy atom. The Morgan fingerprint density at radius 3 is 0.379 bits per heavy atom. The standard InChI is InChI=1S/4C6H14N.Zr/c4*1-5(2)6(3,4)7;/h4*5,7H,1-4H3;/q4*-1;+4. The van der Waals surface area contributed by atoms with Gasteiger partial charge >= 0.3 is 26.2 Å². The zero-order valence-corrected chi connectivity index (χ0v) is 25.3. The molecule has 0 aromatic rings. The maximum atomic E-state index is 7.39. The Labute approximate surface area is 205 Å². The average molecular weight is 492 g/mol. The van der Waals surface area contributed by atoms with Crippen molar-refractivity contribution in [3.63, 3.8) is 0 Å². The zero-order chi connectivity index (χ0) is 24.3. The number of hydrogen-bond donors (Lipinski definition) is 0. The third-order valence-electron chi connectivity index (χ3n) is 5.77. The van der Waals surface area contributed by atoms with Crippen molar-refractivity contribution in [2.45, 2.75) is 133 Å². The van der Waals surface area contributed by atoms with E-state index in [0.717, 1.165) is 0 Å². The van der Waals surface area contributed by atoms with Crippen molar-refractivity contribution in [1.82, 2.24) is 0 Å². The van der Waals surface area contributed by atoms with Gasteiger partial charge in [-0.25, -0.2) is 0 Å². The van der Waals surface area contributed by atoms with Crippen LogP contribution in [0.5, 0.6) is 0 Å². The van der Waals surface area contributed by atoms with Crippen molar-refractivity contribution in [3.05, 3.63) is 22.9 Å². The van der Waals surface area contributed by atoms with Gasteiger partial charge < -0.3 is 22.9 Å². The molecule has 0 spiro atoms. The van der Waals surface area contributed by atoms with Crippen molar-refractivity contribution in [2.75, 3.05) is 0 Å². The predicted octanol–water partition coefficient (Wildman–Crippen LogP) is 9.89. The molecule has 0 rings (SSSR count). The Hall–Kier alpha value is 0.723. The minimum Gasteiger partial charge on any atom is -0.672 e. The fraction of sp³-hybridized carbons (Fsp3) is 1.00. The molecule has 0 heterocycles. The molecule has 0 aromatic heterocycles. The number of nitrogens with one attached hydrogen (secondary N) is 4. The van der Waals surface area contributed by atoms with Gasteiger partial charge in [0.25, 0.3) is 0 Å². The first-order chi connectivity index (χ1) is 11.8. The summed E-state index contributed by atoms with van der Waals surface area (Å²) < 4.78 is 0. The second kappa shape index (κ2) is 16.4. The van der Waals surface area contributed by atoms with E-state index in [2.05, 4.69) is 55.4 Å². The first kappa shape index (κ1) is 40.1. The molecule has 0 aliphatic rings. The van der Waals surface area contributed by atoms with Crippen molar-refractivity contribution in [2.24, 2.45) is 23.7 Å². The Balaban J connectivity index is -0.0000000873. The van der Waals surface area contributed by atoms with E-state index in [9.17, 15) is 0 Å². The number of hydrogen-bond acceptors (Lipinski definition) is 0. The molecule has 0 amide bonds. The van der Waals surface area contributed by atoms with E-state index >= 15 is 0 Å². The van der Waals surface area contributed by atoms with Gasteiger partial charge in [-0.1, -0.05) is 134 Å². The van der Waals surface area contributed by atoms with Crippen LogP contribution in [0.1, 0.15) is 111 Å². The van der Waals surface area contributed by atoms with Crippen LogP contribution in [0.2, 0.25) is 0 Å². The topological polar surface area (TPSA) is 95.2 Å². The second-order valence-electron chi connectivity index (χ2n) is 11.5. The van der Waals surface area contributed by atoms with E-state index in [1.807, 2.05) is 55.4 Å². The summed E-state index contributed by atoms with van der Waals surface area (Å²) in [6.07, 6.45) is 0. The third-order valence-corrected chi connectivity index (χ3v) is 5.77. The first-order valence-corrected chi connectivity index (χ1v) is 10.8. The largest absolute Gasteiger partial charge is 4.00 e. The molecule has 0 radical (unpaired) electrons. The monoisotopic (exact) mass is 490 g/mol. The van der Waals surface area contributed by atoms with E-state index in [4.69, 9.17) is 22.9 Å². The van der Waals surface area contributed by atoms with Crippen molar-refractivity contribution in [3.8, 4) is 0 Å². The molecule has 0 saturated carbocycles. The summed E-state index contributed by atoms with van der Waals surface area (Å²) in [4.78, 5) is 0. The molecule has 0 bridgehead atoms. The van der Waals surface area contributed by atoms with Crippen LogP contribution < -0.4 is 0 Å². The minimum absolute atomic E-state index is 0. The van der Waals surface area contributed by atoms with Crippen LogP contribution in [0.25, 0.3) is 22.9 Å². The van der Waals surface area contributed by atoms with E-state index in [1.165, 1.54) is 0 Å². The summed E-state index contributed by atoms with van der Waals surface area (Å²) in [5.74, 6) is 1.86. The van der Waals surface area contributed by atoms with E-state index in [-0.39, 0.29) is 48.4 Å². The molecule has 4 N–H and O–H groups in total. The van der Waals surface area contributed by atoms with Gasteiger partial charge in [0, 0.05) is 0 Å². The fourth-order valence-electron chi connectivity index (χ4n) is 0. The third kappa shape index (κ3) is 33.6. The molecular formula is C24H56N4Zr. The average Bonchev–Trinajstić information content (AvgIpc) is 2.35. The molecule has 0 saturated heterocycles. The molecule has 0 unspecified atom stereocenters. The predicted molar refractivity (Wildman–Crippen MR) is 133 cm³/mol. The van der Waals surface area contributed by atoms with Gasteiger partial charge in [-0.2, -0.15) is 0 Å². The summed E-state index contributed by atoms with van der Waals surface area (Å²) in [6.45, 7) is 31.9. The Morgan fingerprint density at radius 2 is 0.379 bits per heavy atom. The van der Waals surface area contributed by atoms with Crippen LogP contribution in [-0.2, 0) is 26.2 Å².